The van der Waals surface area contributed by atoms with Gasteiger partial charge in [-0.15, -0.1) is 0 Å². The summed E-state index contributed by atoms with van der Waals surface area (Å²) in [6, 6.07) is 25.3. The van der Waals surface area contributed by atoms with Gasteiger partial charge in [-0.3, -0.25) is 4.79 Å². The second-order valence-electron chi connectivity index (χ2n) is 7.88. The number of benzene rings is 3. The molecule has 0 saturated heterocycles. The maximum Gasteiger partial charge on any atom is 0.253 e. The van der Waals surface area contributed by atoms with Crippen molar-refractivity contribution in [2.75, 3.05) is 20.2 Å². The van der Waals surface area contributed by atoms with Crippen LogP contribution < -0.4 is 4.74 Å². The van der Waals surface area contributed by atoms with Gasteiger partial charge in [0.05, 0.1) is 7.11 Å². The van der Waals surface area contributed by atoms with Crippen LogP contribution in [0.4, 0.5) is 0 Å². The van der Waals surface area contributed by atoms with E-state index in [9.17, 15) is 4.79 Å². The first-order valence-electron chi connectivity index (χ1n) is 11.0. The van der Waals surface area contributed by atoms with Crippen molar-refractivity contribution in [3.63, 3.8) is 0 Å². The standard InChI is InChI=1S/C27H27N3O3/c1-20-8-10-23(11-9-20)27(31)30(18-16-21-6-4-3-5-7-21)19-17-25-28-26(29-33-25)22-12-14-24(32-2)15-13-22/h3-15H,16-19H2,1-2H3. The summed E-state index contributed by atoms with van der Waals surface area (Å²) in [5, 5.41) is 4.10. The Bertz CT molecular complexity index is 1170. The lowest BCUT2D eigenvalue weighted by molar-refractivity contribution is 0.0756. The maximum absolute atomic E-state index is 13.2. The highest BCUT2D eigenvalue weighted by Gasteiger charge is 2.18. The van der Waals surface area contributed by atoms with Gasteiger partial charge in [0, 0.05) is 30.6 Å². The minimum absolute atomic E-state index is 0.000763. The molecule has 0 aliphatic carbocycles. The van der Waals surface area contributed by atoms with Gasteiger partial charge in [-0.05, 0) is 55.3 Å². The predicted octanol–water partition coefficient (Wildman–Crippen LogP) is 4.98. The van der Waals surface area contributed by atoms with E-state index in [4.69, 9.17) is 9.26 Å². The minimum atomic E-state index is 0.000763. The van der Waals surface area contributed by atoms with Crippen molar-refractivity contribution < 1.29 is 14.1 Å². The fraction of sp³-hybridized carbons (Fsp3) is 0.222. The van der Waals surface area contributed by atoms with Crippen molar-refractivity contribution >= 4 is 5.91 Å². The quantitative estimate of drug-likeness (QED) is 0.366. The largest absolute Gasteiger partial charge is 0.497 e. The first-order chi connectivity index (χ1) is 16.1. The van der Waals surface area contributed by atoms with Crippen molar-refractivity contribution in [1.82, 2.24) is 15.0 Å². The molecule has 0 saturated carbocycles. The summed E-state index contributed by atoms with van der Waals surface area (Å²) in [6.45, 7) is 3.11. The van der Waals surface area contributed by atoms with Gasteiger partial charge in [0.2, 0.25) is 11.7 Å². The SMILES string of the molecule is COc1ccc(-c2noc(CCN(CCc3ccccc3)C(=O)c3ccc(C)cc3)n2)cc1. The molecule has 0 aliphatic rings. The lowest BCUT2D eigenvalue weighted by Crippen LogP contribution is -2.34. The summed E-state index contributed by atoms with van der Waals surface area (Å²) in [5.74, 6) is 1.79. The number of nitrogens with zero attached hydrogens (tertiary/aromatic N) is 3. The van der Waals surface area contributed by atoms with E-state index in [1.165, 1.54) is 5.56 Å². The number of carbonyl (C=O) groups excluding carboxylic acids is 1. The molecule has 4 aromatic rings. The molecule has 168 valence electrons. The van der Waals surface area contributed by atoms with Gasteiger partial charge in [-0.2, -0.15) is 4.98 Å². The van der Waals surface area contributed by atoms with Crippen LogP contribution in [0.25, 0.3) is 11.4 Å². The lowest BCUT2D eigenvalue weighted by atomic mass is 10.1. The number of rotatable bonds is 9. The van der Waals surface area contributed by atoms with Gasteiger partial charge >= 0.3 is 0 Å². The normalized spacial score (nSPS) is 10.7. The van der Waals surface area contributed by atoms with Crippen LogP contribution in [0.2, 0.25) is 0 Å². The number of hydrogen-bond donors (Lipinski definition) is 0. The van der Waals surface area contributed by atoms with Crippen LogP contribution in [0.3, 0.4) is 0 Å². The molecule has 0 N–H and O–H groups in total. The third-order valence-electron chi connectivity index (χ3n) is 5.51. The molecule has 0 spiro atoms. The third-order valence-corrected chi connectivity index (χ3v) is 5.51. The Hall–Kier alpha value is -3.93. The average Bonchev–Trinajstić information content (AvgIpc) is 3.34. The van der Waals surface area contributed by atoms with Crippen LogP contribution in [0.1, 0.15) is 27.4 Å². The molecule has 1 heterocycles. The van der Waals surface area contributed by atoms with Crippen molar-refractivity contribution in [1.29, 1.82) is 0 Å². The Morgan fingerprint density at radius 1 is 0.909 bits per heavy atom. The number of methoxy groups -OCH3 is 1. The molecule has 1 aromatic heterocycles. The Morgan fingerprint density at radius 2 is 1.61 bits per heavy atom. The first-order valence-corrected chi connectivity index (χ1v) is 11.0. The molecule has 3 aromatic carbocycles. The minimum Gasteiger partial charge on any atom is -0.497 e. The zero-order chi connectivity index (χ0) is 23.0. The van der Waals surface area contributed by atoms with E-state index in [0.717, 1.165) is 23.3 Å². The highest BCUT2D eigenvalue weighted by molar-refractivity contribution is 5.94. The van der Waals surface area contributed by atoms with Crippen LogP contribution in [0, 0.1) is 6.92 Å². The van der Waals surface area contributed by atoms with Crippen molar-refractivity contribution in [2.45, 2.75) is 19.8 Å². The molecule has 33 heavy (non-hydrogen) atoms. The number of amides is 1. The second kappa shape index (κ2) is 10.6. The predicted molar refractivity (Wildman–Crippen MR) is 127 cm³/mol. The van der Waals surface area contributed by atoms with E-state index < -0.39 is 0 Å². The van der Waals surface area contributed by atoms with Gasteiger partial charge in [0.1, 0.15) is 5.75 Å². The lowest BCUT2D eigenvalue weighted by Gasteiger charge is -2.22. The van der Waals surface area contributed by atoms with Gasteiger partial charge < -0.3 is 14.2 Å². The summed E-state index contributed by atoms with van der Waals surface area (Å²) < 4.78 is 10.7. The van der Waals surface area contributed by atoms with E-state index in [-0.39, 0.29) is 5.91 Å². The molecule has 4 rings (SSSR count). The Kier molecular flexibility index (Phi) is 7.15. The zero-order valence-electron chi connectivity index (χ0n) is 18.9. The fourth-order valence-electron chi connectivity index (χ4n) is 3.55. The Balaban J connectivity index is 1.45. The fourth-order valence-corrected chi connectivity index (χ4v) is 3.55. The molecule has 6 heteroatoms. The number of hydrogen-bond acceptors (Lipinski definition) is 5. The van der Waals surface area contributed by atoms with Crippen molar-refractivity contribution in [2.24, 2.45) is 0 Å². The molecule has 0 fully saturated rings. The van der Waals surface area contributed by atoms with Crippen molar-refractivity contribution in [3.8, 4) is 17.1 Å². The molecule has 0 bridgehead atoms. The monoisotopic (exact) mass is 441 g/mol. The summed E-state index contributed by atoms with van der Waals surface area (Å²) in [6.07, 6.45) is 1.26. The topological polar surface area (TPSA) is 68.5 Å². The molecular formula is C27H27N3O3. The smallest absolute Gasteiger partial charge is 0.253 e. The van der Waals surface area contributed by atoms with Gasteiger partial charge in [-0.1, -0.05) is 53.2 Å². The van der Waals surface area contributed by atoms with E-state index >= 15 is 0 Å². The van der Waals surface area contributed by atoms with Gasteiger partial charge in [0.15, 0.2) is 0 Å². The van der Waals surface area contributed by atoms with E-state index in [1.807, 2.05) is 78.6 Å². The molecule has 6 nitrogen and oxygen atoms in total. The van der Waals surface area contributed by atoms with E-state index in [0.29, 0.717) is 36.8 Å². The van der Waals surface area contributed by atoms with Gasteiger partial charge in [0.25, 0.3) is 5.91 Å². The van der Waals surface area contributed by atoms with Crippen LogP contribution in [-0.4, -0.2) is 41.1 Å². The highest BCUT2D eigenvalue weighted by atomic mass is 16.5. The molecular weight excluding hydrogens is 414 g/mol. The maximum atomic E-state index is 13.2. The summed E-state index contributed by atoms with van der Waals surface area (Å²) >= 11 is 0. The molecule has 1 amide bonds. The molecule has 0 aliphatic heterocycles. The highest BCUT2D eigenvalue weighted by Crippen LogP contribution is 2.20. The molecule has 0 radical (unpaired) electrons. The van der Waals surface area contributed by atoms with Crippen LogP contribution >= 0.6 is 0 Å². The third kappa shape index (κ3) is 5.86. The first kappa shape index (κ1) is 22.3. The van der Waals surface area contributed by atoms with Crippen LogP contribution in [0.5, 0.6) is 5.75 Å². The van der Waals surface area contributed by atoms with Gasteiger partial charge in [-0.25, -0.2) is 0 Å². The number of ether oxygens (including phenoxy) is 1. The molecule has 0 unspecified atom stereocenters. The number of carbonyl (C=O) groups is 1. The summed E-state index contributed by atoms with van der Waals surface area (Å²) in [5.41, 5.74) is 3.85. The zero-order valence-corrected chi connectivity index (χ0v) is 18.9. The van der Waals surface area contributed by atoms with Crippen LogP contribution in [0.15, 0.2) is 83.4 Å². The average molecular weight is 442 g/mol. The Labute approximate surface area is 193 Å². The van der Waals surface area contributed by atoms with E-state index in [1.54, 1.807) is 7.11 Å². The summed E-state index contributed by atoms with van der Waals surface area (Å²) in [7, 11) is 1.63. The Morgan fingerprint density at radius 3 is 2.30 bits per heavy atom. The van der Waals surface area contributed by atoms with Crippen LogP contribution in [-0.2, 0) is 12.8 Å². The summed E-state index contributed by atoms with van der Waals surface area (Å²) in [4.78, 5) is 19.6. The molecule has 0 atom stereocenters. The number of aromatic nitrogens is 2. The van der Waals surface area contributed by atoms with Crippen molar-refractivity contribution in [3.05, 3.63) is 101 Å². The van der Waals surface area contributed by atoms with E-state index in [2.05, 4.69) is 22.3 Å². The second-order valence-corrected chi connectivity index (χ2v) is 7.88. The number of aryl methyl sites for hydroxylation is 1.